The zero-order valence-electron chi connectivity index (χ0n) is 13.7. The normalized spacial score (nSPS) is 11.5. The lowest BCUT2D eigenvalue weighted by atomic mass is 10.1. The van der Waals surface area contributed by atoms with Gasteiger partial charge in [-0.3, -0.25) is 4.68 Å². The number of aryl methyl sites for hydroxylation is 1. The number of benzene rings is 1. The lowest BCUT2D eigenvalue weighted by Gasteiger charge is -2.18. The Morgan fingerprint density at radius 1 is 1.14 bits per heavy atom. The van der Waals surface area contributed by atoms with Crippen LogP contribution in [0.25, 0.3) is 0 Å². The first-order valence-electron chi connectivity index (χ1n) is 7.78. The second-order valence-corrected chi connectivity index (χ2v) is 6.44. The molecule has 0 radical (unpaired) electrons. The molecule has 0 saturated heterocycles. The molecule has 0 aliphatic rings. The molecule has 114 valence electrons. The van der Waals surface area contributed by atoms with E-state index in [1.165, 1.54) is 16.7 Å². The van der Waals surface area contributed by atoms with Crippen LogP contribution in [0.3, 0.4) is 0 Å². The van der Waals surface area contributed by atoms with E-state index >= 15 is 0 Å². The molecule has 1 heterocycles. The van der Waals surface area contributed by atoms with Gasteiger partial charge in [0.2, 0.25) is 0 Å². The van der Waals surface area contributed by atoms with E-state index in [0.717, 1.165) is 32.0 Å². The van der Waals surface area contributed by atoms with Crippen molar-refractivity contribution in [2.24, 2.45) is 5.92 Å². The zero-order chi connectivity index (χ0) is 15.2. The summed E-state index contributed by atoms with van der Waals surface area (Å²) in [6, 6.07) is 8.92. The van der Waals surface area contributed by atoms with E-state index < -0.39 is 0 Å². The third-order valence-corrected chi connectivity index (χ3v) is 3.59. The van der Waals surface area contributed by atoms with Gasteiger partial charge in [-0.25, -0.2) is 0 Å². The highest BCUT2D eigenvalue weighted by molar-refractivity contribution is 5.23. The number of hydrogen-bond donors (Lipinski definition) is 0. The van der Waals surface area contributed by atoms with E-state index in [2.05, 4.69) is 68.3 Å². The van der Waals surface area contributed by atoms with Gasteiger partial charge in [-0.05, 0) is 43.0 Å². The molecule has 0 fully saturated rings. The summed E-state index contributed by atoms with van der Waals surface area (Å²) in [5.41, 5.74) is 3.92. The summed E-state index contributed by atoms with van der Waals surface area (Å²) in [7, 11) is 2.20. The van der Waals surface area contributed by atoms with E-state index in [9.17, 15) is 0 Å². The maximum atomic E-state index is 4.33. The fraction of sp³-hybridized carbons (Fsp3) is 0.500. The van der Waals surface area contributed by atoms with Crippen molar-refractivity contribution in [1.82, 2.24) is 14.7 Å². The average molecular weight is 285 g/mol. The first-order valence-corrected chi connectivity index (χ1v) is 7.78. The number of aromatic nitrogens is 2. The molecule has 2 aromatic rings. The Kier molecular flexibility index (Phi) is 5.57. The quantitative estimate of drug-likeness (QED) is 0.777. The molecule has 0 unspecified atom stereocenters. The summed E-state index contributed by atoms with van der Waals surface area (Å²) in [5.74, 6) is 0.731. The van der Waals surface area contributed by atoms with Gasteiger partial charge in [0.25, 0.3) is 0 Å². The van der Waals surface area contributed by atoms with Crippen molar-refractivity contribution in [2.75, 3.05) is 20.1 Å². The number of likely N-dealkylation sites (N-methyl/N-ethyl adjacent to an activating group) is 1. The molecule has 0 aliphatic carbocycles. The standard InChI is InChI=1S/C18H27N3/c1-15(2)12-20(4)10-9-17-5-7-18(8-6-17)14-21-13-16(3)11-19-21/h5-8,11,13,15H,9-10,12,14H2,1-4H3. The van der Waals surface area contributed by atoms with Crippen LogP contribution >= 0.6 is 0 Å². The van der Waals surface area contributed by atoms with Gasteiger partial charge in [-0.1, -0.05) is 38.1 Å². The predicted octanol–water partition coefficient (Wildman–Crippen LogP) is 3.37. The highest BCUT2D eigenvalue weighted by Crippen LogP contribution is 2.08. The van der Waals surface area contributed by atoms with Gasteiger partial charge in [-0.15, -0.1) is 0 Å². The Morgan fingerprint density at radius 3 is 2.38 bits per heavy atom. The molecule has 21 heavy (non-hydrogen) atoms. The molecule has 3 nitrogen and oxygen atoms in total. The molecule has 1 aromatic carbocycles. The smallest absolute Gasteiger partial charge is 0.0659 e. The Labute approximate surface area is 128 Å². The largest absolute Gasteiger partial charge is 0.306 e. The van der Waals surface area contributed by atoms with Crippen molar-refractivity contribution < 1.29 is 0 Å². The molecule has 0 aliphatic heterocycles. The fourth-order valence-electron chi connectivity index (χ4n) is 2.59. The second-order valence-electron chi connectivity index (χ2n) is 6.44. The molecular formula is C18H27N3. The minimum absolute atomic E-state index is 0.731. The summed E-state index contributed by atoms with van der Waals surface area (Å²) >= 11 is 0. The van der Waals surface area contributed by atoms with Crippen LogP contribution in [-0.2, 0) is 13.0 Å². The first-order chi connectivity index (χ1) is 10.0. The minimum Gasteiger partial charge on any atom is -0.306 e. The molecule has 3 heteroatoms. The zero-order valence-corrected chi connectivity index (χ0v) is 13.7. The van der Waals surface area contributed by atoms with Crippen LogP contribution in [0.15, 0.2) is 36.7 Å². The van der Waals surface area contributed by atoms with Crippen LogP contribution < -0.4 is 0 Å². The predicted molar refractivity (Wildman–Crippen MR) is 88.5 cm³/mol. The summed E-state index contributed by atoms with van der Waals surface area (Å²) in [5, 5.41) is 4.33. The molecule has 1 aromatic heterocycles. The Balaban J connectivity index is 1.84. The summed E-state index contributed by atoms with van der Waals surface area (Å²) in [6.45, 7) is 9.73. The monoisotopic (exact) mass is 285 g/mol. The van der Waals surface area contributed by atoms with E-state index in [-0.39, 0.29) is 0 Å². The maximum absolute atomic E-state index is 4.33. The second kappa shape index (κ2) is 7.41. The van der Waals surface area contributed by atoms with Gasteiger partial charge in [0.05, 0.1) is 12.7 Å². The highest BCUT2D eigenvalue weighted by Gasteiger charge is 2.03. The van der Waals surface area contributed by atoms with Gasteiger partial charge < -0.3 is 4.90 Å². The maximum Gasteiger partial charge on any atom is 0.0659 e. The summed E-state index contributed by atoms with van der Waals surface area (Å²) < 4.78 is 1.99. The average Bonchev–Trinajstić information content (AvgIpc) is 2.83. The lowest BCUT2D eigenvalue weighted by molar-refractivity contribution is 0.299. The molecule has 0 atom stereocenters. The van der Waals surface area contributed by atoms with Crippen molar-refractivity contribution in [1.29, 1.82) is 0 Å². The molecular weight excluding hydrogens is 258 g/mol. The molecule has 0 amide bonds. The number of rotatable bonds is 7. The minimum atomic E-state index is 0.731. The first kappa shape index (κ1) is 15.8. The Morgan fingerprint density at radius 2 is 1.81 bits per heavy atom. The highest BCUT2D eigenvalue weighted by atomic mass is 15.3. The molecule has 2 rings (SSSR count). The van der Waals surface area contributed by atoms with E-state index in [0.29, 0.717) is 0 Å². The van der Waals surface area contributed by atoms with Crippen molar-refractivity contribution in [3.63, 3.8) is 0 Å². The molecule has 0 N–H and O–H groups in total. The van der Waals surface area contributed by atoms with Crippen LogP contribution in [0, 0.1) is 12.8 Å². The topological polar surface area (TPSA) is 21.1 Å². The third kappa shape index (κ3) is 5.35. The number of hydrogen-bond acceptors (Lipinski definition) is 2. The van der Waals surface area contributed by atoms with Gasteiger partial charge in [0.15, 0.2) is 0 Å². The lowest BCUT2D eigenvalue weighted by Crippen LogP contribution is -2.25. The SMILES string of the molecule is Cc1cnn(Cc2ccc(CCN(C)CC(C)C)cc2)c1. The molecule has 0 bridgehead atoms. The third-order valence-electron chi connectivity index (χ3n) is 3.59. The Hall–Kier alpha value is -1.61. The van der Waals surface area contributed by atoms with Crippen LogP contribution in [0.1, 0.15) is 30.5 Å². The molecule has 0 saturated carbocycles. The van der Waals surface area contributed by atoms with E-state index in [1.807, 2.05) is 10.9 Å². The number of nitrogens with zero attached hydrogens (tertiary/aromatic N) is 3. The van der Waals surface area contributed by atoms with Crippen molar-refractivity contribution in [3.8, 4) is 0 Å². The molecule has 0 spiro atoms. The van der Waals surface area contributed by atoms with Crippen LogP contribution in [0.5, 0.6) is 0 Å². The fourth-order valence-corrected chi connectivity index (χ4v) is 2.59. The summed E-state index contributed by atoms with van der Waals surface area (Å²) in [4.78, 5) is 2.41. The summed E-state index contributed by atoms with van der Waals surface area (Å²) in [6.07, 6.45) is 5.10. The van der Waals surface area contributed by atoms with Crippen molar-refractivity contribution in [2.45, 2.75) is 33.7 Å². The van der Waals surface area contributed by atoms with Crippen LogP contribution in [-0.4, -0.2) is 34.8 Å². The van der Waals surface area contributed by atoms with Crippen molar-refractivity contribution >= 4 is 0 Å². The van der Waals surface area contributed by atoms with E-state index in [1.54, 1.807) is 0 Å². The van der Waals surface area contributed by atoms with Gasteiger partial charge in [-0.2, -0.15) is 5.10 Å². The van der Waals surface area contributed by atoms with Crippen LogP contribution in [0.2, 0.25) is 0 Å². The Bertz CT molecular complexity index is 540. The van der Waals surface area contributed by atoms with Gasteiger partial charge in [0.1, 0.15) is 0 Å². The van der Waals surface area contributed by atoms with Crippen molar-refractivity contribution in [3.05, 3.63) is 53.3 Å². The van der Waals surface area contributed by atoms with Crippen LogP contribution in [0.4, 0.5) is 0 Å². The van der Waals surface area contributed by atoms with Gasteiger partial charge in [0, 0.05) is 19.3 Å². The van der Waals surface area contributed by atoms with E-state index in [4.69, 9.17) is 0 Å². The van der Waals surface area contributed by atoms with Gasteiger partial charge >= 0.3 is 0 Å².